The van der Waals surface area contributed by atoms with Gasteiger partial charge in [0.1, 0.15) is 8.24 Å². The molecule has 0 aliphatic carbocycles. The normalized spacial score (nSPS) is 26.3. The van der Waals surface area contributed by atoms with Crippen LogP contribution in [0.4, 0.5) is 0 Å². The topological polar surface area (TPSA) is 49.0 Å². The van der Waals surface area contributed by atoms with Crippen LogP contribution >= 0.6 is 0 Å². The molecular weight excluding hydrogens is 375 g/mol. The first-order valence-corrected chi connectivity index (χ1v) is 23.1. The van der Waals surface area contributed by atoms with Crippen LogP contribution in [-0.4, -0.2) is 49.0 Å². The molecule has 0 radical (unpaired) electrons. The van der Waals surface area contributed by atoms with Crippen LogP contribution in [-0.2, 0) is 16.5 Å². The highest BCUT2D eigenvalue weighted by Gasteiger charge is 2.52. The molecule has 0 aromatic heterocycles. The van der Waals surface area contributed by atoms with E-state index in [1.165, 1.54) is 0 Å². The summed E-state index contributed by atoms with van der Waals surface area (Å²) in [5.74, 6) is 0. The van der Waals surface area contributed by atoms with Gasteiger partial charge in [0.05, 0.1) is 0 Å². The van der Waals surface area contributed by atoms with Gasteiger partial charge in [-0.1, -0.05) is 19.6 Å². The summed E-state index contributed by atoms with van der Waals surface area (Å²) in [4.78, 5) is 3.68. The summed E-state index contributed by atoms with van der Waals surface area (Å²) >= 11 is 0. The van der Waals surface area contributed by atoms with Gasteiger partial charge in [-0.15, -0.1) is 0 Å². The van der Waals surface area contributed by atoms with Gasteiger partial charge in [-0.2, -0.15) is 0 Å². The fraction of sp³-hybridized carbons (Fsp3) is 1.00. The van der Waals surface area contributed by atoms with E-state index in [9.17, 15) is 0 Å². The second-order valence-corrected chi connectivity index (χ2v) is 28.3. The highest BCUT2D eigenvalue weighted by atomic mass is 28.5. The van der Waals surface area contributed by atoms with Gasteiger partial charge in [-0.3, -0.25) is 0 Å². The Balaban J connectivity index is 2.78. The van der Waals surface area contributed by atoms with Gasteiger partial charge >= 0.3 is 34.2 Å². The van der Waals surface area contributed by atoms with Gasteiger partial charge in [0.25, 0.3) is 0 Å². The third kappa shape index (κ3) is 8.69. The largest absolute Gasteiger partial charge is 0.416 e. The van der Waals surface area contributed by atoms with Crippen molar-refractivity contribution in [2.75, 3.05) is 6.54 Å². The molecule has 0 bridgehead atoms. The Morgan fingerprint density at radius 3 is 1.48 bits per heavy atom. The van der Waals surface area contributed by atoms with Crippen LogP contribution in [0.25, 0.3) is 0 Å². The van der Waals surface area contributed by atoms with Crippen molar-refractivity contribution in [3.8, 4) is 0 Å². The number of hydrogen-bond acceptors (Lipinski definition) is 5. The third-order valence-electron chi connectivity index (χ3n) is 3.37. The zero-order valence-electron chi connectivity index (χ0n) is 16.8. The second-order valence-electron chi connectivity index (χ2n) is 9.02. The van der Waals surface area contributed by atoms with Gasteiger partial charge in [0.15, 0.2) is 0 Å². The van der Waals surface area contributed by atoms with Crippen molar-refractivity contribution in [1.82, 2.24) is 4.98 Å². The number of hydrogen-bond donors (Lipinski definition) is 1. The molecule has 0 aromatic carbocycles. The quantitative estimate of drug-likeness (QED) is 0.546. The van der Waals surface area contributed by atoms with E-state index in [0.29, 0.717) is 0 Å². The summed E-state index contributed by atoms with van der Waals surface area (Å²) in [5.41, 5.74) is 0. The molecule has 1 aliphatic heterocycles. The second kappa shape index (κ2) is 7.25. The molecule has 1 saturated heterocycles. The molecule has 0 aromatic rings. The number of nitrogens with one attached hydrogen (secondary N) is 1. The monoisotopic (exact) mass is 411 g/mol. The fourth-order valence-corrected chi connectivity index (χ4v) is 25.8. The van der Waals surface area contributed by atoms with Crippen LogP contribution in [0.3, 0.4) is 0 Å². The van der Waals surface area contributed by atoms with Crippen molar-refractivity contribution in [3.05, 3.63) is 0 Å². The zero-order valence-corrected chi connectivity index (χ0v) is 21.8. The minimum atomic E-state index is -2.28. The maximum atomic E-state index is 6.58. The minimum Gasteiger partial charge on any atom is -0.416 e. The Hall–Kier alpha value is 0.884. The van der Waals surface area contributed by atoms with E-state index in [0.717, 1.165) is 19.0 Å². The van der Waals surface area contributed by atoms with E-state index in [1.807, 2.05) is 0 Å². The third-order valence-corrected chi connectivity index (χ3v) is 21.2. The number of rotatable bonds is 5. The Morgan fingerprint density at radius 2 is 1.09 bits per heavy atom. The van der Waals surface area contributed by atoms with Crippen LogP contribution in [0.2, 0.25) is 71.5 Å². The van der Waals surface area contributed by atoms with Crippen LogP contribution in [0.5, 0.6) is 0 Å². The van der Waals surface area contributed by atoms with E-state index in [1.54, 1.807) is 0 Å². The van der Waals surface area contributed by atoms with Crippen molar-refractivity contribution < 1.29 is 16.5 Å². The summed E-state index contributed by atoms with van der Waals surface area (Å²) in [6, 6.07) is 0.992. The van der Waals surface area contributed by atoms with Gasteiger partial charge in [-0.25, -0.2) is 0 Å². The molecule has 0 saturated carbocycles. The molecule has 1 fully saturated rings. The van der Waals surface area contributed by atoms with Gasteiger partial charge in [0, 0.05) is 0 Å². The highest BCUT2D eigenvalue weighted by Crippen LogP contribution is 2.32. The van der Waals surface area contributed by atoms with Crippen molar-refractivity contribution in [2.24, 2.45) is 0 Å². The zero-order chi connectivity index (χ0) is 18.2. The van der Waals surface area contributed by atoms with Crippen molar-refractivity contribution in [2.45, 2.75) is 77.9 Å². The lowest BCUT2D eigenvalue weighted by Crippen LogP contribution is -2.65. The predicted octanol–water partition coefficient (Wildman–Crippen LogP) is 4.06. The van der Waals surface area contributed by atoms with Crippen LogP contribution in [0, 0.1) is 0 Å². The van der Waals surface area contributed by atoms with Crippen molar-refractivity contribution in [3.63, 3.8) is 0 Å². The molecule has 1 heterocycles. The molecule has 10 heteroatoms. The first kappa shape index (κ1) is 21.9. The average molecular weight is 412 g/mol. The molecule has 5 nitrogen and oxygen atoms in total. The first-order chi connectivity index (χ1) is 10.0. The molecule has 0 spiro atoms. The van der Waals surface area contributed by atoms with E-state index >= 15 is 0 Å². The molecule has 138 valence electrons. The van der Waals surface area contributed by atoms with Crippen LogP contribution < -0.4 is 4.98 Å². The minimum absolute atomic E-state index is 0.992. The molecule has 0 unspecified atom stereocenters. The lowest BCUT2D eigenvalue weighted by molar-refractivity contribution is 0.234. The lowest BCUT2D eigenvalue weighted by Gasteiger charge is -2.47. The molecular formula is C13H37NO4Si5. The molecule has 23 heavy (non-hydrogen) atoms. The Kier molecular flexibility index (Phi) is 6.91. The predicted molar refractivity (Wildman–Crippen MR) is 109 cm³/mol. The summed E-state index contributed by atoms with van der Waals surface area (Å²) in [6.45, 7) is 22.9. The summed E-state index contributed by atoms with van der Waals surface area (Å²) in [7, 11) is -10.1. The Labute approximate surface area is 148 Å². The van der Waals surface area contributed by atoms with Crippen LogP contribution in [0.15, 0.2) is 0 Å². The van der Waals surface area contributed by atoms with E-state index in [4.69, 9.17) is 16.5 Å². The standard InChI is InChI=1S/C13H37NO4Si5/c1-19(2,3)14-12-11-13-23(10)17-21(6,7)15-20(4,5)16-22(8,9)18-23/h14H,11-13H2,1-10H3. The van der Waals surface area contributed by atoms with E-state index in [2.05, 4.69) is 70.5 Å². The maximum absolute atomic E-state index is 6.58. The molecule has 1 rings (SSSR count). The average Bonchev–Trinajstić information content (AvgIpc) is 2.15. The van der Waals surface area contributed by atoms with E-state index < -0.39 is 42.5 Å². The lowest BCUT2D eigenvalue weighted by atomic mass is 10.5. The smallest absolute Gasteiger partial charge is 0.317 e. The van der Waals surface area contributed by atoms with Gasteiger partial charge in [-0.05, 0) is 64.8 Å². The van der Waals surface area contributed by atoms with Crippen molar-refractivity contribution in [1.29, 1.82) is 0 Å². The molecule has 0 amide bonds. The van der Waals surface area contributed by atoms with E-state index in [-0.39, 0.29) is 0 Å². The Morgan fingerprint density at radius 1 is 0.696 bits per heavy atom. The molecule has 1 N–H and O–H groups in total. The molecule has 0 atom stereocenters. The summed E-state index contributed by atoms with van der Waals surface area (Å²) in [5, 5.41) is 0. The van der Waals surface area contributed by atoms with Gasteiger partial charge < -0.3 is 21.4 Å². The SMILES string of the molecule is C[Si](C)(C)NCCC[Si]1(C)O[Si](C)(C)O[Si](C)(C)O[Si](C)(C)O1. The van der Waals surface area contributed by atoms with Gasteiger partial charge in [0.2, 0.25) is 0 Å². The fourth-order valence-electron chi connectivity index (χ4n) is 3.28. The van der Waals surface area contributed by atoms with Crippen LogP contribution in [0.1, 0.15) is 6.42 Å². The highest BCUT2D eigenvalue weighted by molar-refractivity contribution is 6.93. The Bertz CT molecular complexity index is 390. The summed E-state index contributed by atoms with van der Waals surface area (Å²) < 4.78 is 25.9. The molecule has 1 aliphatic rings. The maximum Gasteiger partial charge on any atom is 0.317 e. The van der Waals surface area contributed by atoms with Crippen molar-refractivity contribution >= 4 is 42.5 Å². The first-order valence-electron chi connectivity index (χ1n) is 8.59. The summed E-state index contributed by atoms with van der Waals surface area (Å²) in [6.07, 6.45) is 1.09.